The Morgan fingerprint density at radius 2 is 2.00 bits per heavy atom. The average Bonchev–Trinajstić information content (AvgIpc) is 2.70. The summed E-state index contributed by atoms with van der Waals surface area (Å²) in [6.45, 7) is 4.25. The van der Waals surface area contributed by atoms with Crippen molar-refractivity contribution >= 4 is 15.7 Å². The summed E-state index contributed by atoms with van der Waals surface area (Å²) in [4.78, 5) is 0.183. The van der Waals surface area contributed by atoms with E-state index in [1.807, 2.05) is 0 Å². The van der Waals surface area contributed by atoms with Crippen molar-refractivity contribution in [2.75, 3.05) is 12.8 Å². The maximum Gasteiger partial charge on any atom is 0.240 e. The van der Waals surface area contributed by atoms with Gasteiger partial charge in [-0.05, 0) is 42.9 Å². The highest BCUT2D eigenvalue weighted by Gasteiger charge is 2.33. The van der Waals surface area contributed by atoms with Gasteiger partial charge in [-0.15, -0.1) is 0 Å². The first kappa shape index (κ1) is 15.1. The zero-order chi connectivity index (χ0) is 14.9. The van der Waals surface area contributed by atoms with Gasteiger partial charge in [0, 0.05) is 6.04 Å². The predicted octanol–water partition coefficient (Wildman–Crippen LogP) is 1.99. The van der Waals surface area contributed by atoms with E-state index in [1.165, 1.54) is 19.2 Å². The van der Waals surface area contributed by atoms with Crippen LogP contribution in [0, 0.1) is 11.8 Å². The zero-order valence-electron chi connectivity index (χ0n) is 12.1. The van der Waals surface area contributed by atoms with Crippen LogP contribution < -0.4 is 15.2 Å². The van der Waals surface area contributed by atoms with Gasteiger partial charge in [0.1, 0.15) is 5.75 Å². The van der Waals surface area contributed by atoms with E-state index in [9.17, 15) is 8.42 Å². The smallest absolute Gasteiger partial charge is 0.240 e. The highest BCUT2D eigenvalue weighted by Crippen LogP contribution is 2.32. The fourth-order valence-corrected chi connectivity index (χ4v) is 4.07. The summed E-state index contributed by atoms with van der Waals surface area (Å²) in [7, 11) is -2.03. The fourth-order valence-electron chi connectivity index (χ4n) is 2.68. The van der Waals surface area contributed by atoms with Crippen molar-refractivity contribution in [3.63, 3.8) is 0 Å². The Hall–Kier alpha value is -1.27. The molecule has 0 aromatic heterocycles. The van der Waals surface area contributed by atoms with Crippen LogP contribution in [0.4, 0.5) is 5.69 Å². The molecule has 1 saturated carbocycles. The topological polar surface area (TPSA) is 81.4 Å². The minimum absolute atomic E-state index is 0.00155. The SMILES string of the molecule is COc1ccc(S(=O)(=O)NC2CCC(C)C2C)cc1N. The molecule has 2 rings (SSSR count). The van der Waals surface area contributed by atoms with E-state index in [-0.39, 0.29) is 10.9 Å². The second-order valence-electron chi connectivity index (χ2n) is 5.55. The number of ether oxygens (including phenoxy) is 1. The average molecular weight is 298 g/mol. The van der Waals surface area contributed by atoms with Crippen molar-refractivity contribution in [1.82, 2.24) is 4.72 Å². The Kier molecular flexibility index (Phi) is 4.25. The molecule has 1 aliphatic carbocycles. The molecule has 0 amide bonds. The quantitative estimate of drug-likeness (QED) is 0.833. The third-order valence-electron chi connectivity index (χ3n) is 4.28. The molecular formula is C14H22N2O3S. The van der Waals surface area contributed by atoms with E-state index in [1.54, 1.807) is 6.07 Å². The van der Waals surface area contributed by atoms with Crippen LogP contribution >= 0.6 is 0 Å². The number of hydrogen-bond donors (Lipinski definition) is 2. The summed E-state index contributed by atoms with van der Waals surface area (Å²) in [6, 6.07) is 4.52. The summed E-state index contributed by atoms with van der Waals surface area (Å²) in [6.07, 6.45) is 1.94. The molecule has 20 heavy (non-hydrogen) atoms. The second kappa shape index (κ2) is 5.61. The van der Waals surface area contributed by atoms with Crippen molar-refractivity contribution in [1.29, 1.82) is 0 Å². The standard InChI is InChI=1S/C14H22N2O3S/c1-9-4-6-13(10(9)2)16-20(17,18)11-5-7-14(19-3)12(15)8-11/h5,7-10,13,16H,4,6,15H2,1-3H3. The van der Waals surface area contributed by atoms with E-state index >= 15 is 0 Å². The van der Waals surface area contributed by atoms with Gasteiger partial charge in [0.05, 0.1) is 17.7 Å². The van der Waals surface area contributed by atoms with Crippen molar-refractivity contribution in [2.45, 2.75) is 37.6 Å². The Morgan fingerprint density at radius 1 is 1.30 bits per heavy atom. The number of hydrogen-bond acceptors (Lipinski definition) is 4. The summed E-state index contributed by atoms with van der Waals surface area (Å²) in [5, 5.41) is 0. The Bertz CT molecular complexity index is 586. The number of benzene rings is 1. The molecule has 0 saturated heterocycles. The molecule has 0 bridgehead atoms. The van der Waals surface area contributed by atoms with Gasteiger partial charge in [-0.3, -0.25) is 0 Å². The van der Waals surface area contributed by atoms with Crippen molar-refractivity contribution in [2.24, 2.45) is 11.8 Å². The Morgan fingerprint density at radius 3 is 2.50 bits per heavy atom. The van der Waals surface area contributed by atoms with Crippen LogP contribution in [0.2, 0.25) is 0 Å². The molecule has 1 fully saturated rings. The van der Waals surface area contributed by atoms with E-state index in [4.69, 9.17) is 10.5 Å². The zero-order valence-corrected chi connectivity index (χ0v) is 12.9. The van der Waals surface area contributed by atoms with Crippen LogP contribution in [0.5, 0.6) is 5.75 Å². The number of rotatable bonds is 4. The molecule has 3 unspecified atom stereocenters. The molecule has 5 nitrogen and oxygen atoms in total. The Balaban J connectivity index is 2.20. The van der Waals surface area contributed by atoms with Crippen LogP contribution in [0.3, 0.4) is 0 Å². The van der Waals surface area contributed by atoms with E-state index in [0.717, 1.165) is 12.8 Å². The minimum Gasteiger partial charge on any atom is -0.495 e. The van der Waals surface area contributed by atoms with Gasteiger partial charge in [-0.25, -0.2) is 13.1 Å². The van der Waals surface area contributed by atoms with Gasteiger partial charge < -0.3 is 10.5 Å². The number of methoxy groups -OCH3 is 1. The van der Waals surface area contributed by atoms with Crippen LogP contribution in [-0.2, 0) is 10.0 Å². The van der Waals surface area contributed by atoms with Crippen LogP contribution in [0.15, 0.2) is 23.1 Å². The van der Waals surface area contributed by atoms with Crippen molar-refractivity contribution in [3.8, 4) is 5.75 Å². The van der Waals surface area contributed by atoms with Crippen molar-refractivity contribution in [3.05, 3.63) is 18.2 Å². The number of nitrogen functional groups attached to an aromatic ring is 1. The Labute approximate surface area is 120 Å². The molecule has 0 radical (unpaired) electrons. The van der Waals surface area contributed by atoms with Gasteiger partial charge in [0.15, 0.2) is 0 Å². The van der Waals surface area contributed by atoms with E-state index in [0.29, 0.717) is 23.3 Å². The first-order valence-electron chi connectivity index (χ1n) is 6.81. The first-order chi connectivity index (χ1) is 9.35. The third-order valence-corrected chi connectivity index (χ3v) is 5.77. The predicted molar refractivity (Wildman–Crippen MR) is 79.1 cm³/mol. The minimum atomic E-state index is -3.53. The molecule has 1 aromatic carbocycles. The van der Waals surface area contributed by atoms with Crippen molar-refractivity contribution < 1.29 is 13.2 Å². The highest BCUT2D eigenvalue weighted by molar-refractivity contribution is 7.89. The summed E-state index contributed by atoms with van der Waals surface area (Å²) in [5.74, 6) is 1.37. The molecule has 3 atom stereocenters. The maximum absolute atomic E-state index is 12.4. The number of sulfonamides is 1. The molecule has 6 heteroatoms. The lowest BCUT2D eigenvalue weighted by Gasteiger charge is -2.20. The summed E-state index contributed by atoms with van der Waals surface area (Å²) >= 11 is 0. The maximum atomic E-state index is 12.4. The molecule has 0 spiro atoms. The fraction of sp³-hybridized carbons (Fsp3) is 0.571. The molecule has 0 aliphatic heterocycles. The van der Waals surface area contributed by atoms with Crippen LogP contribution in [0.25, 0.3) is 0 Å². The molecule has 0 heterocycles. The monoisotopic (exact) mass is 298 g/mol. The molecule has 1 aromatic rings. The van der Waals surface area contributed by atoms with Gasteiger partial charge in [-0.2, -0.15) is 0 Å². The van der Waals surface area contributed by atoms with Gasteiger partial charge >= 0.3 is 0 Å². The highest BCUT2D eigenvalue weighted by atomic mass is 32.2. The summed E-state index contributed by atoms with van der Waals surface area (Å²) in [5.41, 5.74) is 6.09. The summed E-state index contributed by atoms with van der Waals surface area (Å²) < 4.78 is 32.6. The van der Waals surface area contributed by atoms with E-state index < -0.39 is 10.0 Å². The van der Waals surface area contributed by atoms with Gasteiger partial charge in [-0.1, -0.05) is 13.8 Å². The van der Waals surface area contributed by atoms with Crippen LogP contribution in [-0.4, -0.2) is 21.6 Å². The van der Waals surface area contributed by atoms with Gasteiger partial charge in [0.25, 0.3) is 0 Å². The lowest BCUT2D eigenvalue weighted by Crippen LogP contribution is -2.37. The number of nitrogens with two attached hydrogens (primary N) is 1. The number of anilines is 1. The lowest BCUT2D eigenvalue weighted by molar-refractivity contribution is 0.402. The molecule has 1 aliphatic rings. The largest absolute Gasteiger partial charge is 0.495 e. The van der Waals surface area contributed by atoms with Crippen LogP contribution in [0.1, 0.15) is 26.7 Å². The molecular weight excluding hydrogens is 276 g/mol. The normalized spacial score (nSPS) is 26.6. The third kappa shape index (κ3) is 2.91. The van der Waals surface area contributed by atoms with E-state index in [2.05, 4.69) is 18.6 Å². The first-order valence-corrected chi connectivity index (χ1v) is 8.29. The molecule has 112 valence electrons. The molecule has 3 N–H and O–H groups in total. The van der Waals surface area contributed by atoms with Gasteiger partial charge in [0.2, 0.25) is 10.0 Å². The number of nitrogens with one attached hydrogen (secondary N) is 1. The second-order valence-corrected chi connectivity index (χ2v) is 7.26. The lowest BCUT2D eigenvalue weighted by atomic mass is 9.98.